The molecule has 3 nitrogen and oxygen atoms in total. The first-order chi connectivity index (χ1) is 10.4. The maximum atomic E-state index is 11.6. The number of carbonyl (C=O) groups is 1. The molecular formula is C19H27NO2. The number of rotatable bonds is 4. The minimum absolute atomic E-state index is 0.269. The molecule has 1 atom stereocenters. The third-order valence-corrected chi connectivity index (χ3v) is 4.17. The molecule has 1 aromatic rings. The Labute approximate surface area is 134 Å². The molecule has 0 spiro atoms. The number of esters is 1. The SMILES string of the molecule is CCOC(=O)/C=C(\C)c1ccc2c(c1)CC(C)CN2C(C)C. The van der Waals surface area contributed by atoms with E-state index in [4.69, 9.17) is 4.74 Å². The zero-order valence-corrected chi connectivity index (χ0v) is 14.3. The fourth-order valence-corrected chi connectivity index (χ4v) is 3.08. The second kappa shape index (κ2) is 6.99. The summed E-state index contributed by atoms with van der Waals surface area (Å²) in [6.07, 6.45) is 2.68. The fourth-order valence-electron chi connectivity index (χ4n) is 3.08. The Bertz CT molecular complexity index is 575. The van der Waals surface area contributed by atoms with Crippen LogP contribution in [-0.2, 0) is 16.0 Å². The van der Waals surface area contributed by atoms with Gasteiger partial charge >= 0.3 is 5.97 Å². The molecule has 1 aliphatic rings. The molecule has 0 saturated heterocycles. The number of carbonyl (C=O) groups excluding carboxylic acids is 1. The summed E-state index contributed by atoms with van der Waals surface area (Å²) in [6.45, 7) is 12.1. The van der Waals surface area contributed by atoms with Crippen LogP contribution in [0.2, 0.25) is 0 Å². The lowest BCUT2D eigenvalue weighted by Gasteiger charge is -2.38. The second-order valence-corrected chi connectivity index (χ2v) is 6.48. The van der Waals surface area contributed by atoms with Crippen molar-refractivity contribution in [2.24, 2.45) is 5.92 Å². The molecule has 1 aliphatic heterocycles. The Morgan fingerprint density at radius 3 is 2.82 bits per heavy atom. The molecule has 0 amide bonds. The Morgan fingerprint density at radius 1 is 1.45 bits per heavy atom. The highest BCUT2D eigenvalue weighted by molar-refractivity contribution is 5.91. The quantitative estimate of drug-likeness (QED) is 0.620. The Morgan fingerprint density at radius 2 is 2.18 bits per heavy atom. The van der Waals surface area contributed by atoms with E-state index in [1.165, 1.54) is 11.3 Å². The Kier molecular flexibility index (Phi) is 5.28. The molecule has 1 unspecified atom stereocenters. The molecule has 0 aromatic heterocycles. The van der Waals surface area contributed by atoms with Crippen LogP contribution in [0.4, 0.5) is 5.69 Å². The number of ether oxygens (including phenoxy) is 1. The number of fused-ring (bicyclic) bond motifs is 1. The van der Waals surface area contributed by atoms with Gasteiger partial charge in [-0.1, -0.05) is 13.0 Å². The van der Waals surface area contributed by atoms with Gasteiger partial charge in [0.25, 0.3) is 0 Å². The van der Waals surface area contributed by atoms with Crippen LogP contribution in [0.15, 0.2) is 24.3 Å². The first-order valence-electron chi connectivity index (χ1n) is 8.17. The molecular weight excluding hydrogens is 274 g/mol. The van der Waals surface area contributed by atoms with Gasteiger partial charge in [0.2, 0.25) is 0 Å². The van der Waals surface area contributed by atoms with Gasteiger partial charge in [0, 0.05) is 24.4 Å². The zero-order valence-electron chi connectivity index (χ0n) is 14.3. The standard InChI is InChI=1S/C19H27NO2/c1-6-22-19(21)10-15(5)16-7-8-18-17(11-16)9-14(4)12-20(18)13(2)3/h7-8,10-11,13-14H,6,9,12H2,1-5H3/b15-10+. The number of hydrogen-bond acceptors (Lipinski definition) is 3. The van der Waals surface area contributed by atoms with Crippen molar-refractivity contribution in [2.45, 2.75) is 47.1 Å². The van der Waals surface area contributed by atoms with E-state index in [2.05, 4.69) is 43.9 Å². The molecule has 120 valence electrons. The molecule has 1 aromatic carbocycles. The van der Waals surface area contributed by atoms with Gasteiger partial charge in [0.15, 0.2) is 0 Å². The van der Waals surface area contributed by atoms with Crippen LogP contribution in [0.1, 0.15) is 45.7 Å². The van der Waals surface area contributed by atoms with Crippen molar-refractivity contribution in [2.75, 3.05) is 18.1 Å². The maximum absolute atomic E-state index is 11.6. The lowest BCUT2D eigenvalue weighted by molar-refractivity contribution is -0.137. The van der Waals surface area contributed by atoms with Gasteiger partial charge in [-0.15, -0.1) is 0 Å². The molecule has 2 rings (SSSR count). The van der Waals surface area contributed by atoms with Gasteiger partial charge < -0.3 is 9.64 Å². The van der Waals surface area contributed by atoms with Gasteiger partial charge in [0.05, 0.1) is 6.61 Å². The van der Waals surface area contributed by atoms with Crippen LogP contribution in [0.3, 0.4) is 0 Å². The average Bonchev–Trinajstić information content (AvgIpc) is 2.45. The van der Waals surface area contributed by atoms with Crippen molar-refractivity contribution in [3.05, 3.63) is 35.4 Å². The van der Waals surface area contributed by atoms with E-state index in [0.717, 1.165) is 24.1 Å². The topological polar surface area (TPSA) is 29.5 Å². The van der Waals surface area contributed by atoms with Gasteiger partial charge in [0.1, 0.15) is 0 Å². The van der Waals surface area contributed by atoms with Gasteiger partial charge in [-0.2, -0.15) is 0 Å². The van der Waals surface area contributed by atoms with Gasteiger partial charge in [-0.05, 0) is 68.9 Å². The Hall–Kier alpha value is -1.77. The summed E-state index contributed by atoms with van der Waals surface area (Å²) in [5.41, 5.74) is 4.77. The van der Waals surface area contributed by atoms with Crippen LogP contribution in [0.5, 0.6) is 0 Å². The van der Waals surface area contributed by atoms with E-state index in [1.807, 2.05) is 13.8 Å². The number of nitrogens with zero attached hydrogens (tertiary/aromatic N) is 1. The van der Waals surface area contributed by atoms with Crippen molar-refractivity contribution in [3.63, 3.8) is 0 Å². The van der Waals surface area contributed by atoms with Crippen LogP contribution < -0.4 is 4.90 Å². The molecule has 3 heteroatoms. The Balaban J connectivity index is 2.31. The summed E-state index contributed by atoms with van der Waals surface area (Å²) in [6, 6.07) is 7.03. The molecule has 0 bridgehead atoms. The summed E-state index contributed by atoms with van der Waals surface area (Å²) in [4.78, 5) is 14.1. The summed E-state index contributed by atoms with van der Waals surface area (Å²) >= 11 is 0. The number of hydrogen-bond donors (Lipinski definition) is 0. The number of anilines is 1. The van der Waals surface area contributed by atoms with Crippen molar-refractivity contribution < 1.29 is 9.53 Å². The number of allylic oxidation sites excluding steroid dienone is 1. The zero-order chi connectivity index (χ0) is 16.3. The van der Waals surface area contributed by atoms with E-state index in [1.54, 1.807) is 6.08 Å². The molecule has 0 saturated carbocycles. The summed E-state index contributed by atoms with van der Waals surface area (Å²) in [5, 5.41) is 0. The highest BCUT2D eigenvalue weighted by atomic mass is 16.5. The number of benzene rings is 1. The smallest absolute Gasteiger partial charge is 0.331 e. The van der Waals surface area contributed by atoms with E-state index >= 15 is 0 Å². The highest BCUT2D eigenvalue weighted by Crippen LogP contribution is 2.33. The van der Waals surface area contributed by atoms with Crippen molar-refractivity contribution in [1.82, 2.24) is 0 Å². The molecule has 1 heterocycles. The summed E-state index contributed by atoms with van der Waals surface area (Å²) in [5.74, 6) is 0.384. The van der Waals surface area contributed by atoms with Crippen LogP contribution >= 0.6 is 0 Å². The maximum Gasteiger partial charge on any atom is 0.331 e. The minimum atomic E-state index is -0.269. The van der Waals surface area contributed by atoms with Gasteiger partial charge in [-0.25, -0.2) is 4.79 Å². The molecule has 0 radical (unpaired) electrons. The van der Waals surface area contributed by atoms with Crippen LogP contribution in [0.25, 0.3) is 5.57 Å². The molecule has 0 fully saturated rings. The fraction of sp³-hybridized carbons (Fsp3) is 0.526. The summed E-state index contributed by atoms with van der Waals surface area (Å²) in [7, 11) is 0. The predicted octanol–water partition coefficient (Wildman–Crippen LogP) is 4.06. The van der Waals surface area contributed by atoms with E-state index in [0.29, 0.717) is 18.6 Å². The first-order valence-corrected chi connectivity index (χ1v) is 8.17. The van der Waals surface area contributed by atoms with Crippen LogP contribution in [0, 0.1) is 5.92 Å². The highest BCUT2D eigenvalue weighted by Gasteiger charge is 2.23. The van der Waals surface area contributed by atoms with Gasteiger partial charge in [-0.3, -0.25) is 0 Å². The lowest BCUT2D eigenvalue weighted by atomic mass is 9.90. The lowest BCUT2D eigenvalue weighted by Crippen LogP contribution is -2.39. The monoisotopic (exact) mass is 301 g/mol. The van der Waals surface area contributed by atoms with Crippen molar-refractivity contribution >= 4 is 17.2 Å². The van der Waals surface area contributed by atoms with E-state index in [-0.39, 0.29) is 5.97 Å². The second-order valence-electron chi connectivity index (χ2n) is 6.48. The predicted molar refractivity (Wildman–Crippen MR) is 92.1 cm³/mol. The minimum Gasteiger partial charge on any atom is -0.463 e. The van der Waals surface area contributed by atoms with Crippen molar-refractivity contribution in [3.8, 4) is 0 Å². The molecule has 0 aliphatic carbocycles. The van der Waals surface area contributed by atoms with E-state index in [9.17, 15) is 4.79 Å². The average molecular weight is 301 g/mol. The third kappa shape index (κ3) is 3.70. The third-order valence-electron chi connectivity index (χ3n) is 4.17. The first kappa shape index (κ1) is 16.6. The largest absolute Gasteiger partial charge is 0.463 e. The summed E-state index contributed by atoms with van der Waals surface area (Å²) < 4.78 is 4.99. The van der Waals surface area contributed by atoms with Crippen molar-refractivity contribution in [1.29, 1.82) is 0 Å². The normalized spacial score (nSPS) is 18.4. The molecule has 22 heavy (non-hydrogen) atoms. The molecule has 0 N–H and O–H groups in total. The van der Waals surface area contributed by atoms with E-state index < -0.39 is 0 Å². The van der Waals surface area contributed by atoms with Crippen LogP contribution in [-0.4, -0.2) is 25.2 Å².